The fourth-order valence-electron chi connectivity index (χ4n) is 4.82. The zero-order chi connectivity index (χ0) is 34.6. The van der Waals surface area contributed by atoms with Gasteiger partial charge in [0.2, 0.25) is 5.91 Å². The van der Waals surface area contributed by atoms with Crippen LogP contribution in [0.3, 0.4) is 0 Å². The number of rotatable bonds is 9. The Morgan fingerprint density at radius 2 is 1.48 bits per heavy atom. The maximum Gasteiger partial charge on any atom is 0.407 e. The van der Waals surface area contributed by atoms with Gasteiger partial charge in [0.25, 0.3) is 5.91 Å². The van der Waals surface area contributed by atoms with Crippen LogP contribution in [-0.2, 0) is 30.8 Å². The summed E-state index contributed by atoms with van der Waals surface area (Å²) >= 11 is 0. The Balaban J connectivity index is 1.92. The second kappa shape index (κ2) is 14.4. The summed E-state index contributed by atoms with van der Waals surface area (Å²) in [5, 5.41) is 13.1. The lowest BCUT2D eigenvalue weighted by Crippen LogP contribution is -2.57. The van der Waals surface area contributed by atoms with Crippen LogP contribution in [0.1, 0.15) is 53.3 Å². The lowest BCUT2D eigenvalue weighted by atomic mass is 9.86. The van der Waals surface area contributed by atoms with Crippen molar-refractivity contribution in [3.05, 3.63) is 41.6 Å². The molecule has 14 nitrogen and oxygen atoms in total. The lowest BCUT2D eigenvalue weighted by molar-refractivity contribution is -0.133. The summed E-state index contributed by atoms with van der Waals surface area (Å²) in [6.45, 7) is 10.1. The van der Waals surface area contributed by atoms with Crippen LogP contribution >= 0.6 is 0 Å². The minimum absolute atomic E-state index is 0.114. The van der Waals surface area contributed by atoms with Crippen molar-refractivity contribution < 1.29 is 42.2 Å². The van der Waals surface area contributed by atoms with E-state index in [1.54, 1.807) is 60.9 Å². The maximum absolute atomic E-state index is 15.7. The first-order chi connectivity index (χ1) is 21.3. The zero-order valence-electron chi connectivity index (χ0n) is 27.5. The number of carbonyl (C=O) groups excluding carboxylic acids is 4. The number of aromatic nitrogens is 2. The Labute approximate surface area is 266 Å². The van der Waals surface area contributed by atoms with Gasteiger partial charge in [-0.25, -0.2) is 18.4 Å². The lowest BCUT2D eigenvalue weighted by Gasteiger charge is -2.32. The Kier molecular flexibility index (Phi) is 11.3. The van der Waals surface area contributed by atoms with Crippen molar-refractivity contribution >= 4 is 24.0 Å². The van der Waals surface area contributed by atoms with E-state index in [2.05, 4.69) is 35.9 Å². The van der Waals surface area contributed by atoms with Gasteiger partial charge in [-0.2, -0.15) is 10.1 Å². The van der Waals surface area contributed by atoms with Gasteiger partial charge in [-0.1, -0.05) is 41.5 Å². The molecule has 4 unspecified atom stereocenters. The van der Waals surface area contributed by atoms with Crippen LogP contribution < -0.4 is 21.4 Å². The van der Waals surface area contributed by atoms with Crippen LogP contribution in [0.5, 0.6) is 0 Å². The van der Waals surface area contributed by atoms with Crippen LogP contribution in [-0.4, -0.2) is 84.3 Å². The van der Waals surface area contributed by atoms with Gasteiger partial charge < -0.3 is 30.2 Å². The summed E-state index contributed by atoms with van der Waals surface area (Å²) in [4.78, 5) is 50.5. The molecule has 0 aliphatic carbocycles. The molecule has 254 valence electrons. The van der Waals surface area contributed by atoms with Crippen molar-refractivity contribution in [2.45, 2.75) is 66.0 Å². The molecule has 1 aliphatic rings. The number of amides is 4. The van der Waals surface area contributed by atoms with Gasteiger partial charge in [-0.3, -0.25) is 19.7 Å². The van der Waals surface area contributed by atoms with E-state index < -0.39 is 76.4 Å². The summed E-state index contributed by atoms with van der Waals surface area (Å²) in [5.74, 6) is -3.15. The monoisotopic (exact) mass is 651 g/mol. The highest BCUT2D eigenvalue weighted by atomic mass is 19.1. The molecule has 4 atom stereocenters. The Morgan fingerprint density at radius 3 is 1.93 bits per heavy atom. The molecule has 1 saturated heterocycles. The van der Waals surface area contributed by atoms with Gasteiger partial charge in [-0.15, -0.1) is 0 Å². The number of aryl methyl sites for hydroxylation is 1. The summed E-state index contributed by atoms with van der Waals surface area (Å²) in [5.41, 5.74) is 1.19. The molecule has 46 heavy (non-hydrogen) atoms. The van der Waals surface area contributed by atoms with Crippen molar-refractivity contribution in [3.63, 3.8) is 0 Å². The third-order valence-corrected chi connectivity index (χ3v) is 7.25. The van der Waals surface area contributed by atoms with E-state index in [1.807, 2.05) is 0 Å². The molecule has 1 aliphatic heterocycles. The number of ether oxygens (including phenoxy) is 3. The van der Waals surface area contributed by atoms with Gasteiger partial charge in [-0.05, 0) is 29.0 Å². The van der Waals surface area contributed by atoms with Crippen molar-refractivity contribution in [1.82, 2.24) is 36.2 Å². The fraction of sp³-hybridized carbons (Fsp3) is 0.567. The summed E-state index contributed by atoms with van der Waals surface area (Å²) < 4.78 is 48.2. The maximum atomic E-state index is 15.7. The Morgan fingerprint density at radius 1 is 0.957 bits per heavy atom. The smallest absolute Gasteiger partial charge is 0.407 e. The highest BCUT2D eigenvalue weighted by Crippen LogP contribution is 2.35. The third-order valence-electron chi connectivity index (χ3n) is 7.25. The molecule has 0 spiro atoms. The molecule has 4 N–H and O–H groups in total. The van der Waals surface area contributed by atoms with Crippen LogP contribution in [0, 0.1) is 22.5 Å². The molecule has 0 bridgehead atoms. The quantitative estimate of drug-likeness (QED) is 0.319. The van der Waals surface area contributed by atoms with E-state index in [0.717, 1.165) is 19.2 Å². The predicted octanol–water partition coefficient (Wildman–Crippen LogP) is 2.75. The molecule has 16 heteroatoms. The van der Waals surface area contributed by atoms with E-state index in [0.29, 0.717) is 5.69 Å². The van der Waals surface area contributed by atoms with Crippen LogP contribution in [0.2, 0.25) is 0 Å². The van der Waals surface area contributed by atoms with E-state index in [1.165, 1.54) is 16.8 Å². The summed E-state index contributed by atoms with van der Waals surface area (Å²) in [7, 11) is 4.00. The van der Waals surface area contributed by atoms with E-state index in [4.69, 9.17) is 4.74 Å². The van der Waals surface area contributed by atoms with Gasteiger partial charge in [0.15, 0.2) is 6.23 Å². The number of alkyl carbamates (subject to hydrolysis) is 2. The third kappa shape index (κ3) is 8.90. The average molecular weight is 652 g/mol. The highest BCUT2D eigenvalue weighted by Gasteiger charge is 2.42. The minimum atomic E-state index is -1.46. The first-order valence-corrected chi connectivity index (χ1v) is 14.5. The molecular weight excluding hydrogens is 608 g/mol. The Bertz CT molecular complexity index is 1410. The molecule has 1 aromatic heterocycles. The van der Waals surface area contributed by atoms with Crippen LogP contribution in [0.25, 0.3) is 11.3 Å². The van der Waals surface area contributed by atoms with Gasteiger partial charge in [0.05, 0.1) is 31.6 Å². The number of hydrazine groups is 1. The number of hydrogen-bond acceptors (Lipinski definition) is 9. The average Bonchev–Trinajstić information content (AvgIpc) is 3.57. The number of halogens is 2. The van der Waals surface area contributed by atoms with Crippen LogP contribution in [0.4, 0.5) is 18.4 Å². The normalized spacial score (nSPS) is 18.3. The van der Waals surface area contributed by atoms with E-state index >= 15 is 8.78 Å². The zero-order valence-corrected chi connectivity index (χ0v) is 27.5. The van der Waals surface area contributed by atoms with Gasteiger partial charge in [0, 0.05) is 31.9 Å². The molecule has 0 radical (unpaired) electrons. The predicted molar refractivity (Wildman–Crippen MR) is 162 cm³/mol. The highest BCUT2D eigenvalue weighted by molar-refractivity contribution is 5.87. The molecule has 2 aromatic rings. The number of benzene rings is 1. The Hall–Kier alpha value is -4.31. The molecule has 1 aromatic carbocycles. The minimum Gasteiger partial charge on any atom is -0.453 e. The molecule has 4 amide bonds. The molecule has 2 heterocycles. The van der Waals surface area contributed by atoms with Crippen molar-refractivity contribution in [3.8, 4) is 11.3 Å². The fourth-order valence-corrected chi connectivity index (χ4v) is 4.82. The molecule has 3 rings (SSSR count). The van der Waals surface area contributed by atoms with Crippen molar-refractivity contribution in [1.29, 1.82) is 0 Å². The number of nitrogens with zero attached hydrogens (tertiary/aromatic N) is 3. The first-order valence-electron chi connectivity index (χ1n) is 14.5. The standard InChI is InChI=1S/C30H43F2N7O7/c1-29(2,3)22(34-27(42)44-8)24(40)33-14-17-15-39(37-25(41)23(30(4,5)6)35-28(43)45-9)26(46-17)21-18(31)12-16(13-19(21)32)20-10-11-38(7)36-20/h10-13,17,22-23,26H,14-15H2,1-9H3,(H,33,40)(H,34,42)(H,35,43)(H,37,41). The number of nitrogens with one attached hydrogen (secondary N) is 4. The largest absolute Gasteiger partial charge is 0.453 e. The van der Waals surface area contributed by atoms with Gasteiger partial charge >= 0.3 is 12.2 Å². The summed E-state index contributed by atoms with van der Waals surface area (Å²) in [6, 6.07) is 1.73. The van der Waals surface area contributed by atoms with E-state index in [-0.39, 0.29) is 18.7 Å². The second-order valence-electron chi connectivity index (χ2n) is 13.1. The molecular formula is C30H43F2N7O7. The first kappa shape index (κ1) is 36.2. The summed E-state index contributed by atoms with van der Waals surface area (Å²) in [6.07, 6.45) is -2.34. The van der Waals surface area contributed by atoms with Crippen molar-refractivity contribution in [2.75, 3.05) is 27.3 Å². The van der Waals surface area contributed by atoms with Gasteiger partial charge in [0.1, 0.15) is 23.7 Å². The number of carbonyl (C=O) groups is 4. The second-order valence-corrected chi connectivity index (χ2v) is 13.1. The number of hydrogen-bond donors (Lipinski definition) is 4. The molecule has 0 saturated carbocycles. The topological polar surface area (TPSA) is 165 Å². The number of methoxy groups -OCH3 is 2. The van der Waals surface area contributed by atoms with Crippen molar-refractivity contribution in [2.24, 2.45) is 17.9 Å². The van der Waals surface area contributed by atoms with Crippen LogP contribution in [0.15, 0.2) is 24.4 Å². The van der Waals surface area contributed by atoms with E-state index in [9.17, 15) is 19.2 Å². The SMILES string of the molecule is COC(=O)NC(C(=O)NCC1CN(NC(=O)C(NC(=O)OC)C(C)(C)C)C(c2c(F)cc(-c3ccn(C)n3)cc2F)O1)C(C)(C)C. The molecule has 1 fully saturated rings.